The van der Waals surface area contributed by atoms with Gasteiger partial charge in [-0.2, -0.15) is 0 Å². The maximum Gasteiger partial charge on any atom is 0.0468 e. The first kappa shape index (κ1) is 12.5. The molecule has 0 amide bonds. The Morgan fingerprint density at radius 1 is 1.44 bits per heavy atom. The number of nitrogens with two attached hydrogens (primary N) is 1. The van der Waals surface area contributed by atoms with Crippen LogP contribution in [0.4, 0.5) is 5.69 Å². The molecular weight excluding hydrogens is 240 g/mol. The van der Waals surface area contributed by atoms with E-state index in [1.165, 1.54) is 24.1 Å². The average molecular weight is 264 g/mol. The summed E-state index contributed by atoms with van der Waals surface area (Å²) in [4.78, 5) is 1.29. The zero-order valence-electron chi connectivity index (χ0n) is 11.6. The molecule has 3 atom stereocenters. The first-order valence-electron chi connectivity index (χ1n) is 6.99. The van der Waals surface area contributed by atoms with Crippen molar-refractivity contribution in [3.05, 3.63) is 16.3 Å². The second-order valence-electron chi connectivity index (χ2n) is 7.03. The summed E-state index contributed by atoms with van der Waals surface area (Å²) in [6.45, 7) is 8.28. The molecule has 2 aliphatic carbocycles. The van der Waals surface area contributed by atoms with Gasteiger partial charge >= 0.3 is 0 Å². The van der Waals surface area contributed by atoms with E-state index in [9.17, 15) is 0 Å². The molecule has 100 valence electrons. The van der Waals surface area contributed by atoms with Gasteiger partial charge in [-0.25, -0.2) is 0 Å². The largest absolute Gasteiger partial charge is 0.398 e. The first-order valence-corrected chi connectivity index (χ1v) is 7.87. The summed E-state index contributed by atoms with van der Waals surface area (Å²) in [5.74, 6) is 0.903. The van der Waals surface area contributed by atoms with Crippen molar-refractivity contribution >= 4 is 17.0 Å². The van der Waals surface area contributed by atoms with Crippen molar-refractivity contribution in [3.8, 4) is 0 Å². The summed E-state index contributed by atoms with van der Waals surface area (Å²) < 4.78 is 0. The fourth-order valence-corrected chi connectivity index (χ4v) is 5.25. The van der Waals surface area contributed by atoms with E-state index >= 15 is 0 Å². The van der Waals surface area contributed by atoms with Gasteiger partial charge in [0.15, 0.2) is 0 Å². The number of fused-ring (bicyclic) bond motifs is 2. The third-order valence-electron chi connectivity index (χ3n) is 5.52. The maximum absolute atomic E-state index is 5.97. The summed E-state index contributed by atoms with van der Waals surface area (Å²) in [5.41, 5.74) is 7.85. The highest BCUT2D eigenvalue weighted by atomic mass is 32.1. The lowest BCUT2D eigenvalue weighted by molar-refractivity contribution is 0.108. The molecule has 0 saturated heterocycles. The lowest BCUT2D eigenvalue weighted by atomic mass is 9.68. The van der Waals surface area contributed by atoms with Crippen LogP contribution in [0.15, 0.2) is 11.4 Å². The minimum atomic E-state index is 0.430. The third kappa shape index (κ3) is 1.71. The summed E-state index contributed by atoms with van der Waals surface area (Å²) in [6, 6.07) is 2.64. The smallest absolute Gasteiger partial charge is 0.0468 e. The lowest BCUT2D eigenvalue weighted by Gasteiger charge is -2.43. The Labute approximate surface area is 114 Å². The first-order chi connectivity index (χ1) is 8.43. The molecule has 18 heavy (non-hydrogen) atoms. The van der Waals surface area contributed by atoms with E-state index in [0.29, 0.717) is 16.9 Å². The van der Waals surface area contributed by atoms with Gasteiger partial charge in [0.1, 0.15) is 0 Å². The van der Waals surface area contributed by atoms with E-state index in [0.717, 1.165) is 18.2 Å². The SMILES string of the molecule is CC12CCC(C1)C(C)(C)C2NCc1sccc1N. The number of nitrogen functional groups attached to an aromatic ring is 1. The summed E-state index contributed by atoms with van der Waals surface area (Å²) in [5, 5.41) is 5.90. The van der Waals surface area contributed by atoms with E-state index in [4.69, 9.17) is 5.73 Å². The standard InChI is InChI=1S/C15H24N2S/c1-14(2)10-4-6-15(3,8-10)13(14)17-9-12-11(16)5-7-18-12/h5,7,10,13,17H,4,6,8-9,16H2,1-3H3. The van der Waals surface area contributed by atoms with Gasteiger partial charge in [0.05, 0.1) is 0 Å². The minimum Gasteiger partial charge on any atom is -0.398 e. The lowest BCUT2D eigenvalue weighted by Crippen LogP contribution is -2.49. The van der Waals surface area contributed by atoms with Crippen LogP contribution in [0.1, 0.15) is 44.9 Å². The molecule has 1 heterocycles. The van der Waals surface area contributed by atoms with Gasteiger partial charge in [0.25, 0.3) is 0 Å². The Balaban J connectivity index is 1.74. The molecule has 2 nitrogen and oxygen atoms in total. The normalized spacial score (nSPS) is 37.3. The van der Waals surface area contributed by atoms with Crippen LogP contribution < -0.4 is 11.1 Å². The molecule has 2 fully saturated rings. The summed E-state index contributed by atoms with van der Waals surface area (Å²) in [6.07, 6.45) is 4.21. The predicted octanol–water partition coefficient (Wildman–Crippen LogP) is 3.63. The van der Waals surface area contributed by atoms with Gasteiger partial charge in [-0.15, -0.1) is 11.3 Å². The zero-order chi connectivity index (χ0) is 13.0. The molecule has 2 bridgehead atoms. The van der Waals surface area contributed by atoms with E-state index in [1.807, 2.05) is 6.07 Å². The number of hydrogen-bond acceptors (Lipinski definition) is 3. The molecule has 1 aromatic rings. The van der Waals surface area contributed by atoms with Crippen molar-refractivity contribution in [3.63, 3.8) is 0 Å². The minimum absolute atomic E-state index is 0.430. The number of thiophene rings is 1. The van der Waals surface area contributed by atoms with Crippen LogP contribution in [0.5, 0.6) is 0 Å². The Morgan fingerprint density at radius 3 is 2.78 bits per heavy atom. The van der Waals surface area contributed by atoms with Crippen LogP contribution in [0, 0.1) is 16.7 Å². The van der Waals surface area contributed by atoms with E-state index in [-0.39, 0.29) is 0 Å². The highest BCUT2D eigenvalue weighted by molar-refractivity contribution is 7.10. The Hall–Kier alpha value is -0.540. The monoisotopic (exact) mass is 264 g/mol. The van der Waals surface area contributed by atoms with Gasteiger partial charge in [0.2, 0.25) is 0 Å². The van der Waals surface area contributed by atoms with Gasteiger partial charge < -0.3 is 11.1 Å². The molecule has 0 spiro atoms. The van der Waals surface area contributed by atoms with Gasteiger partial charge in [-0.1, -0.05) is 20.8 Å². The molecule has 1 aromatic heterocycles. The third-order valence-corrected chi connectivity index (χ3v) is 6.45. The van der Waals surface area contributed by atoms with E-state index in [2.05, 4.69) is 31.5 Å². The number of anilines is 1. The zero-order valence-corrected chi connectivity index (χ0v) is 12.4. The summed E-state index contributed by atoms with van der Waals surface area (Å²) >= 11 is 1.76. The number of rotatable bonds is 3. The van der Waals surface area contributed by atoms with Crippen molar-refractivity contribution in [2.75, 3.05) is 5.73 Å². The second-order valence-corrected chi connectivity index (χ2v) is 8.03. The average Bonchev–Trinajstić information content (AvgIpc) is 2.90. The van der Waals surface area contributed by atoms with Gasteiger partial charge in [-0.05, 0) is 47.5 Å². The Kier molecular flexibility index (Phi) is 2.76. The molecular formula is C15H24N2S. The molecule has 0 aromatic carbocycles. The molecule has 3 rings (SSSR count). The number of nitrogens with one attached hydrogen (secondary N) is 1. The second kappa shape index (κ2) is 3.97. The predicted molar refractivity (Wildman–Crippen MR) is 78.6 cm³/mol. The Bertz CT molecular complexity index is 446. The fourth-order valence-electron chi connectivity index (χ4n) is 4.50. The number of hydrogen-bond donors (Lipinski definition) is 2. The van der Waals surface area contributed by atoms with Gasteiger partial charge in [-0.3, -0.25) is 0 Å². The molecule has 2 aliphatic rings. The van der Waals surface area contributed by atoms with Crippen molar-refractivity contribution in [2.45, 2.75) is 52.6 Å². The molecule has 3 N–H and O–H groups in total. The van der Waals surface area contributed by atoms with Crippen molar-refractivity contribution in [1.82, 2.24) is 5.32 Å². The van der Waals surface area contributed by atoms with Crippen molar-refractivity contribution in [2.24, 2.45) is 16.7 Å². The van der Waals surface area contributed by atoms with Crippen LogP contribution in [-0.2, 0) is 6.54 Å². The Morgan fingerprint density at radius 2 is 2.22 bits per heavy atom. The highest BCUT2D eigenvalue weighted by Crippen LogP contribution is 2.62. The van der Waals surface area contributed by atoms with E-state index in [1.54, 1.807) is 11.3 Å². The van der Waals surface area contributed by atoms with Crippen LogP contribution in [0.25, 0.3) is 0 Å². The quantitative estimate of drug-likeness (QED) is 0.875. The van der Waals surface area contributed by atoms with Crippen molar-refractivity contribution in [1.29, 1.82) is 0 Å². The fraction of sp³-hybridized carbons (Fsp3) is 0.733. The molecule has 0 aliphatic heterocycles. The molecule has 3 unspecified atom stereocenters. The topological polar surface area (TPSA) is 38.0 Å². The van der Waals surface area contributed by atoms with Crippen molar-refractivity contribution < 1.29 is 0 Å². The molecule has 2 saturated carbocycles. The maximum atomic E-state index is 5.97. The van der Waals surface area contributed by atoms with E-state index < -0.39 is 0 Å². The van der Waals surface area contributed by atoms with Crippen LogP contribution in [0.2, 0.25) is 0 Å². The molecule has 3 heteroatoms. The van der Waals surface area contributed by atoms with Crippen LogP contribution >= 0.6 is 11.3 Å². The van der Waals surface area contributed by atoms with Crippen LogP contribution in [0.3, 0.4) is 0 Å². The highest BCUT2D eigenvalue weighted by Gasteiger charge is 2.58. The molecule has 0 radical (unpaired) electrons. The summed E-state index contributed by atoms with van der Waals surface area (Å²) in [7, 11) is 0. The van der Waals surface area contributed by atoms with Crippen LogP contribution in [-0.4, -0.2) is 6.04 Å². The van der Waals surface area contributed by atoms with Gasteiger partial charge in [0, 0.05) is 23.2 Å².